The van der Waals surface area contributed by atoms with Crippen LogP contribution in [0, 0.1) is 10.1 Å². The van der Waals surface area contributed by atoms with Crippen LogP contribution < -0.4 is 5.32 Å². The fourth-order valence-corrected chi connectivity index (χ4v) is 2.52. The van der Waals surface area contributed by atoms with Crippen LogP contribution in [0.15, 0.2) is 41.8 Å². The van der Waals surface area contributed by atoms with Crippen molar-refractivity contribution in [2.75, 3.05) is 13.1 Å². The highest BCUT2D eigenvalue weighted by Crippen LogP contribution is 2.12. The Morgan fingerprint density at radius 2 is 1.84 bits per heavy atom. The summed E-state index contributed by atoms with van der Waals surface area (Å²) in [4.78, 5) is 11.5. The van der Waals surface area contributed by atoms with Crippen LogP contribution in [0.4, 0.5) is 5.69 Å². The summed E-state index contributed by atoms with van der Waals surface area (Å²) in [5.41, 5.74) is 1.27. The average Bonchev–Trinajstić information content (AvgIpc) is 2.92. The first-order chi connectivity index (χ1) is 9.25. The van der Waals surface area contributed by atoms with Crippen molar-refractivity contribution >= 4 is 17.0 Å². The van der Waals surface area contributed by atoms with Crippen LogP contribution in [0.1, 0.15) is 10.4 Å². The standard InChI is InChI=1S/C14H16N2O2S/c17-16(18)13-5-3-12(4-6-13)7-9-15-10-8-14-2-1-11-19-14/h1-6,11,15H,7-10H2. The number of nitro benzene ring substituents is 1. The molecular weight excluding hydrogens is 260 g/mol. The van der Waals surface area contributed by atoms with E-state index in [2.05, 4.69) is 22.8 Å². The quantitative estimate of drug-likeness (QED) is 0.480. The molecule has 0 aliphatic heterocycles. The molecule has 0 unspecified atom stereocenters. The Kier molecular flexibility index (Phi) is 5.06. The highest BCUT2D eigenvalue weighted by molar-refractivity contribution is 7.09. The minimum Gasteiger partial charge on any atom is -0.316 e. The maximum Gasteiger partial charge on any atom is 0.269 e. The predicted molar refractivity (Wildman–Crippen MR) is 77.7 cm³/mol. The highest BCUT2D eigenvalue weighted by Gasteiger charge is 2.03. The monoisotopic (exact) mass is 276 g/mol. The minimum absolute atomic E-state index is 0.148. The van der Waals surface area contributed by atoms with Crippen molar-refractivity contribution in [1.29, 1.82) is 0 Å². The van der Waals surface area contributed by atoms with E-state index in [-0.39, 0.29) is 10.6 Å². The Morgan fingerprint density at radius 3 is 2.47 bits per heavy atom. The van der Waals surface area contributed by atoms with Gasteiger partial charge in [0.1, 0.15) is 0 Å². The summed E-state index contributed by atoms with van der Waals surface area (Å²) in [5, 5.41) is 16.0. The summed E-state index contributed by atoms with van der Waals surface area (Å²) in [5.74, 6) is 0. The molecule has 4 nitrogen and oxygen atoms in total. The molecule has 1 aromatic heterocycles. The summed E-state index contributed by atoms with van der Waals surface area (Å²) in [6, 6.07) is 11.0. The third kappa shape index (κ3) is 4.46. The van der Waals surface area contributed by atoms with Gasteiger partial charge in [-0.05, 0) is 42.9 Å². The summed E-state index contributed by atoms with van der Waals surface area (Å²) in [7, 11) is 0. The Morgan fingerprint density at radius 1 is 1.11 bits per heavy atom. The van der Waals surface area contributed by atoms with Crippen LogP contribution in [0.3, 0.4) is 0 Å². The molecule has 1 heterocycles. The molecule has 0 amide bonds. The summed E-state index contributed by atoms with van der Waals surface area (Å²) in [6.45, 7) is 1.86. The lowest BCUT2D eigenvalue weighted by atomic mass is 10.1. The molecule has 2 aromatic rings. The molecule has 0 spiro atoms. The van der Waals surface area contributed by atoms with Gasteiger partial charge in [-0.3, -0.25) is 10.1 Å². The SMILES string of the molecule is O=[N+]([O-])c1ccc(CCNCCc2cccs2)cc1. The van der Waals surface area contributed by atoms with Gasteiger partial charge in [-0.2, -0.15) is 0 Å². The Labute approximate surface area is 116 Å². The lowest BCUT2D eigenvalue weighted by molar-refractivity contribution is -0.384. The molecule has 19 heavy (non-hydrogen) atoms. The van der Waals surface area contributed by atoms with E-state index in [1.54, 1.807) is 23.5 Å². The zero-order chi connectivity index (χ0) is 13.5. The van der Waals surface area contributed by atoms with Crippen molar-refractivity contribution in [3.05, 3.63) is 62.3 Å². The van der Waals surface area contributed by atoms with Crippen molar-refractivity contribution in [2.24, 2.45) is 0 Å². The molecule has 5 heteroatoms. The van der Waals surface area contributed by atoms with Gasteiger partial charge in [0.25, 0.3) is 5.69 Å². The fraction of sp³-hybridized carbons (Fsp3) is 0.286. The minimum atomic E-state index is -0.372. The van der Waals surface area contributed by atoms with Gasteiger partial charge in [-0.1, -0.05) is 18.2 Å². The van der Waals surface area contributed by atoms with Crippen LogP contribution in [0.25, 0.3) is 0 Å². The van der Waals surface area contributed by atoms with Crippen molar-refractivity contribution in [3.8, 4) is 0 Å². The first-order valence-corrected chi connectivity index (χ1v) is 7.10. The number of non-ortho nitro benzene ring substituents is 1. The number of hydrogen-bond donors (Lipinski definition) is 1. The lowest BCUT2D eigenvalue weighted by Gasteiger charge is -2.04. The van der Waals surface area contributed by atoms with Crippen molar-refractivity contribution in [3.63, 3.8) is 0 Å². The summed E-state index contributed by atoms with van der Waals surface area (Å²) >= 11 is 1.78. The summed E-state index contributed by atoms with van der Waals surface area (Å²) < 4.78 is 0. The van der Waals surface area contributed by atoms with Gasteiger partial charge in [0.05, 0.1) is 4.92 Å². The molecule has 2 rings (SSSR count). The number of nitro groups is 1. The molecule has 0 aliphatic rings. The van der Waals surface area contributed by atoms with Crippen LogP contribution in [-0.4, -0.2) is 18.0 Å². The third-order valence-electron chi connectivity index (χ3n) is 2.87. The molecule has 1 N–H and O–H groups in total. The van der Waals surface area contributed by atoms with E-state index in [0.29, 0.717) is 0 Å². The Hall–Kier alpha value is -1.72. The number of benzene rings is 1. The summed E-state index contributed by atoms with van der Waals surface area (Å²) in [6.07, 6.45) is 1.94. The molecule has 100 valence electrons. The number of nitrogens with zero attached hydrogens (tertiary/aromatic N) is 1. The lowest BCUT2D eigenvalue weighted by Crippen LogP contribution is -2.19. The molecule has 0 aliphatic carbocycles. The van der Waals surface area contributed by atoms with E-state index in [0.717, 1.165) is 31.5 Å². The zero-order valence-electron chi connectivity index (χ0n) is 10.5. The topological polar surface area (TPSA) is 55.2 Å². The molecule has 0 radical (unpaired) electrons. The molecule has 0 saturated carbocycles. The highest BCUT2D eigenvalue weighted by atomic mass is 32.1. The van der Waals surface area contributed by atoms with Gasteiger partial charge in [-0.15, -0.1) is 11.3 Å². The van der Waals surface area contributed by atoms with E-state index in [1.807, 2.05) is 12.1 Å². The van der Waals surface area contributed by atoms with E-state index in [9.17, 15) is 10.1 Å². The fourth-order valence-electron chi connectivity index (χ4n) is 1.81. The molecular formula is C14H16N2O2S. The van der Waals surface area contributed by atoms with Gasteiger partial charge < -0.3 is 5.32 Å². The maximum atomic E-state index is 10.5. The van der Waals surface area contributed by atoms with E-state index < -0.39 is 0 Å². The molecule has 0 bridgehead atoms. The second kappa shape index (κ2) is 7.01. The zero-order valence-corrected chi connectivity index (χ0v) is 11.4. The number of hydrogen-bond acceptors (Lipinski definition) is 4. The Balaban J connectivity index is 1.66. The smallest absolute Gasteiger partial charge is 0.269 e. The molecule has 1 aromatic carbocycles. The number of thiophene rings is 1. The second-order valence-electron chi connectivity index (χ2n) is 4.25. The van der Waals surface area contributed by atoms with Gasteiger partial charge in [0, 0.05) is 17.0 Å². The van der Waals surface area contributed by atoms with Crippen molar-refractivity contribution in [2.45, 2.75) is 12.8 Å². The van der Waals surface area contributed by atoms with E-state index in [1.165, 1.54) is 4.88 Å². The maximum absolute atomic E-state index is 10.5. The normalized spacial score (nSPS) is 10.5. The third-order valence-corrected chi connectivity index (χ3v) is 3.80. The van der Waals surface area contributed by atoms with Crippen LogP contribution >= 0.6 is 11.3 Å². The second-order valence-corrected chi connectivity index (χ2v) is 5.29. The Bertz CT molecular complexity index is 509. The number of nitrogens with one attached hydrogen (secondary N) is 1. The van der Waals surface area contributed by atoms with E-state index in [4.69, 9.17) is 0 Å². The van der Waals surface area contributed by atoms with Gasteiger partial charge in [0.2, 0.25) is 0 Å². The van der Waals surface area contributed by atoms with Crippen LogP contribution in [-0.2, 0) is 12.8 Å². The van der Waals surface area contributed by atoms with Gasteiger partial charge >= 0.3 is 0 Å². The van der Waals surface area contributed by atoms with Crippen molar-refractivity contribution < 1.29 is 4.92 Å². The predicted octanol–water partition coefficient (Wildman–Crippen LogP) is 3.03. The first-order valence-electron chi connectivity index (χ1n) is 6.22. The molecule has 0 saturated heterocycles. The van der Waals surface area contributed by atoms with Crippen LogP contribution in [0.5, 0.6) is 0 Å². The molecule has 0 fully saturated rings. The largest absolute Gasteiger partial charge is 0.316 e. The molecule has 0 atom stereocenters. The van der Waals surface area contributed by atoms with Gasteiger partial charge in [-0.25, -0.2) is 0 Å². The van der Waals surface area contributed by atoms with Crippen molar-refractivity contribution in [1.82, 2.24) is 5.32 Å². The average molecular weight is 276 g/mol. The number of rotatable bonds is 7. The van der Waals surface area contributed by atoms with Crippen LogP contribution in [0.2, 0.25) is 0 Å². The van der Waals surface area contributed by atoms with E-state index >= 15 is 0 Å². The van der Waals surface area contributed by atoms with Gasteiger partial charge in [0.15, 0.2) is 0 Å². The first kappa shape index (κ1) is 13.7.